The molecule has 0 unspecified atom stereocenters. The molecule has 0 saturated carbocycles. The summed E-state index contributed by atoms with van der Waals surface area (Å²) >= 11 is 0. The van der Waals surface area contributed by atoms with Gasteiger partial charge in [0.05, 0.1) is 0 Å². The smallest absolute Gasteiger partial charge is 0.0311 e. The second-order valence-corrected chi connectivity index (χ2v) is 1.62. The molecule has 0 aromatic carbocycles. The molecule has 0 rings (SSSR count). The van der Waals surface area contributed by atoms with E-state index in [1.165, 1.54) is 5.57 Å². The maximum absolute atomic E-state index is 3.60. The molecule has 0 amide bonds. The van der Waals surface area contributed by atoms with Gasteiger partial charge in [-0.1, -0.05) is 30.7 Å². The molecule has 0 atom stereocenters. The van der Waals surface area contributed by atoms with E-state index in [9.17, 15) is 0 Å². The molecular formula is C8H13. The van der Waals surface area contributed by atoms with Crippen LogP contribution in [0.25, 0.3) is 0 Å². The third-order valence-corrected chi connectivity index (χ3v) is 1.11. The predicted molar refractivity (Wildman–Crippen MR) is 38.5 cm³/mol. The highest BCUT2D eigenvalue weighted by Gasteiger charge is 1.79. The fraction of sp³-hybridized carbons (Fsp3) is 0.375. The lowest BCUT2D eigenvalue weighted by Crippen LogP contribution is -1.69. The molecular weight excluding hydrogens is 96.1 g/mol. The van der Waals surface area contributed by atoms with Gasteiger partial charge in [-0.25, -0.2) is 0 Å². The van der Waals surface area contributed by atoms with Crippen LogP contribution in [0.2, 0.25) is 0 Å². The van der Waals surface area contributed by atoms with Gasteiger partial charge in [-0.2, -0.15) is 0 Å². The molecule has 0 saturated heterocycles. The van der Waals surface area contributed by atoms with Crippen molar-refractivity contribution in [1.82, 2.24) is 0 Å². The minimum atomic E-state index is 1.10. The van der Waals surface area contributed by atoms with Gasteiger partial charge < -0.3 is 0 Å². The maximum Gasteiger partial charge on any atom is -0.0311 e. The van der Waals surface area contributed by atoms with Gasteiger partial charge in [-0.3, -0.25) is 0 Å². The fourth-order valence-electron chi connectivity index (χ4n) is 0.570. The lowest BCUT2D eigenvalue weighted by molar-refractivity contribution is 1.14. The molecule has 0 heteroatoms. The van der Waals surface area contributed by atoms with Crippen molar-refractivity contribution in [2.45, 2.75) is 20.3 Å². The van der Waals surface area contributed by atoms with Crippen molar-refractivity contribution >= 4 is 0 Å². The van der Waals surface area contributed by atoms with Gasteiger partial charge in [0.1, 0.15) is 0 Å². The van der Waals surface area contributed by atoms with Crippen molar-refractivity contribution in [2.24, 2.45) is 0 Å². The van der Waals surface area contributed by atoms with Gasteiger partial charge in [-0.15, -0.1) is 0 Å². The Morgan fingerprint density at radius 3 is 2.38 bits per heavy atom. The van der Waals surface area contributed by atoms with Crippen molar-refractivity contribution in [1.29, 1.82) is 0 Å². The van der Waals surface area contributed by atoms with E-state index in [0.29, 0.717) is 0 Å². The van der Waals surface area contributed by atoms with Crippen LogP contribution in [0.3, 0.4) is 0 Å². The Bertz CT molecular complexity index is 93.9. The zero-order chi connectivity index (χ0) is 6.41. The fourth-order valence-corrected chi connectivity index (χ4v) is 0.570. The summed E-state index contributed by atoms with van der Waals surface area (Å²) in [5.41, 5.74) is 1.35. The summed E-state index contributed by atoms with van der Waals surface area (Å²) in [7, 11) is 0. The van der Waals surface area contributed by atoms with Gasteiger partial charge in [0.2, 0.25) is 0 Å². The first-order chi connectivity index (χ1) is 3.85. The van der Waals surface area contributed by atoms with Gasteiger partial charge in [0.15, 0.2) is 0 Å². The van der Waals surface area contributed by atoms with E-state index in [-0.39, 0.29) is 0 Å². The van der Waals surface area contributed by atoms with E-state index in [1.807, 2.05) is 19.1 Å². The lowest BCUT2D eigenvalue weighted by atomic mass is 10.2. The largest absolute Gasteiger partial charge is 0.0845 e. The first-order valence-corrected chi connectivity index (χ1v) is 2.96. The second-order valence-electron chi connectivity index (χ2n) is 1.62. The zero-order valence-corrected chi connectivity index (χ0v) is 5.65. The quantitative estimate of drug-likeness (QED) is 0.478. The Labute approximate surface area is 51.9 Å². The van der Waals surface area contributed by atoms with Crippen LogP contribution < -0.4 is 0 Å². The normalized spacial score (nSPS) is 13.1. The predicted octanol–water partition coefficient (Wildman–Crippen LogP) is 2.73. The minimum absolute atomic E-state index is 1.10. The highest BCUT2D eigenvalue weighted by Crippen LogP contribution is 2.00. The van der Waals surface area contributed by atoms with Crippen LogP contribution in [0.4, 0.5) is 0 Å². The van der Waals surface area contributed by atoms with Crippen LogP contribution in [-0.4, -0.2) is 0 Å². The second kappa shape index (κ2) is 4.63. The lowest BCUT2D eigenvalue weighted by Gasteiger charge is -1.90. The number of hydrogen-bond acceptors (Lipinski definition) is 0. The molecule has 0 fully saturated rings. The number of rotatable bonds is 2. The van der Waals surface area contributed by atoms with E-state index in [2.05, 4.69) is 19.9 Å². The standard InChI is InChI=1S/C8H13/c1-4-7-8(5-2)6-3/h4-5,7H,1,6H2,2-3H3/b7-4+,8-5+. The first kappa shape index (κ1) is 7.48. The molecule has 0 aromatic heterocycles. The summed E-state index contributed by atoms with van der Waals surface area (Å²) in [6, 6.07) is 0. The van der Waals surface area contributed by atoms with Gasteiger partial charge in [0.25, 0.3) is 0 Å². The molecule has 45 valence electrons. The van der Waals surface area contributed by atoms with Gasteiger partial charge >= 0.3 is 0 Å². The number of allylic oxidation sites excluding steroid dienone is 4. The summed E-state index contributed by atoms with van der Waals surface area (Å²) in [5.74, 6) is 0. The van der Waals surface area contributed by atoms with E-state index in [0.717, 1.165) is 6.42 Å². The van der Waals surface area contributed by atoms with Crippen molar-refractivity contribution in [2.75, 3.05) is 0 Å². The Kier molecular flexibility index (Phi) is 4.33. The molecule has 0 bridgehead atoms. The Morgan fingerprint density at radius 1 is 1.62 bits per heavy atom. The average molecular weight is 109 g/mol. The van der Waals surface area contributed by atoms with Crippen LogP contribution in [0, 0.1) is 6.92 Å². The molecule has 0 N–H and O–H groups in total. The van der Waals surface area contributed by atoms with Crippen LogP contribution in [-0.2, 0) is 0 Å². The first-order valence-electron chi connectivity index (χ1n) is 2.96. The summed E-state index contributed by atoms with van der Waals surface area (Å²) in [6.45, 7) is 7.77. The molecule has 0 aliphatic rings. The molecule has 0 heterocycles. The summed E-state index contributed by atoms with van der Waals surface area (Å²) in [6.07, 6.45) is 7.04. The van der Waals surface area contributed by atoms with Crippen molar-refractivity contribution < 1.29 is 0 Å². The Hall–Kier alpha value is -0.520. The summed E-state index contributed by atoms with van der Waals surface area (Å²) in [4.78, 5) is 0. The minimum Gasteiger partial charge on any atom is -0.0845 e. The average Bonchev–Trinajstić information content (AvgIpc) is 1.83. The summed E-state index contributed by atoms with van der Waals surface area (Å²) < 4.78 is 0. The topological polar surface area (TPSA) is 0 Å². The molecule has 8 heavy (non-hydrogen) atoms. The van der Waals surface area contributed by atoms with Crippen molar-refractivity contribution in [3.8, 4) is 0 Å². The highest BCUT2D eigenvalue weighted by atomic mass is 13.9. The molecule has 0 aromatic rings. The van der Waals surface area contributed by atoms with E-state index < -0.39 is 0 Å². The molecule has 0 spiro atoms. The zero-order valence-electron chi connectivity index (χ0n) is 5.65. The van der Waals surface area contributed by atoms with Gasteiger partial charge in [-0.05, 0) is 20.3 Å². The maximum atomic E-state index is 3.60. The van der Waals surface area contributed by atoms with Crippen LogP contribution in [0.1, 0.15) is 20.3 Å². The van der Waals surface area contributed by atoms with Crippen LogP contribution in [0.5, 0.6) is 0 Å². The monoisotopic (exact) mass is 109 g/mol. The van der Waals surface area contributed by atoms with Crippen LogP contribution in [0.15, 0.2) is 23.8 Å². The third-order valence-electron chi connectivity index (χ3n) is 1.11. The third kappa shape index (κ3) is 2.62. The molecule has 0 aliphatic heterocycles. The van der Waals surface area contributed by atoms with Gasteiger partial charge in [0, 0.05) is 0 Å². The number of hydrogen-bond donors (Lipinski definition) is 0. The highest BCUT2D eigenvalue weighted by molar-refractivity contribution is 5.17. The Balaban J connectivity index is 3.72. The van der Waals surface area contributed by atoms with E-state index in [4.69, 9.17) is 0 Å². The molecule has 1 radical (unpaired) electrons. The van der Waals surface area contributed by atoms with Crippen molar-refractivity contribution in [3.05, 3.63) is 30.7 Å². The SMILES string of the molecule is [CH2]/C=C/C(=C/C)CC. The molecule has 0 nitrogen and oxygen atoms in total. The van der Waals surface area contributed by atoms with E-state index >= 15 is 0 Å². The Morgan fingerprint density at radius 2 is 2.25 bits per heavy atom. The van der Waals surface area contributed by atoms with E-state index in [1.54, 1.807) is 0 Å². The summed E-state index contributed by atoms with van der Waals surface area (Å²) in [5, 5.41) is 0. The van der Waals surface area contributed by atoms with Crippen LogP contribution >= 0.6 is 0 Å². The van der Waals surface area contributed by atoms with Crippen molar-refractivity contribution in [3.63, 3.8) is 0 Å². The molecule has 0 aliphatic carbocycles.